The lowest BCUT2D eigenvalue weighted by Gasteiger charge is -2.31. The third-order valence-corrected chi connectivity index (χ3v) is 7.92. The fraction of sp³-hybridized carbons (Fsp3) is 0.219. The van der Waals surface area contributed by atoms with E-state index in [9.17, 15) is 18.0 Å². The van der Waals surface area contributed by atoms with Crippen LogP contribution in [-0.2, 0) is 11.7 Å². The number of alkyl halides is 3. The maximum Gasteiger partial charge on any atom is 0.435 e. The molecule has 1 saturated carbocycles. The van der Waals surface area contributed by atoms with E-state index in [0.29, 0.717) is 34.7 Å². The van der Waals surface area contributed by atoms with Crippen molar-refractivity contribution in [3.05, 3.63) is 113 Å². The van der Waals surface area contributed by atoms with Gasteiger partial charge in [-0.2, -0.15) is 18.3 Å². The Hall–Kier alpha value is -4.77. The third-order valence-electron chi connectivity index (χ3n) is 7.92. The topological polar surface area (TPSA) is 112 Å². The number of nitrogens with zero attached hydrogens (tertiary/aromatic N) is 3. The summed E-state index contributed by atoms with van der Waals surface area (Å²) in [6.07, 6.45) is 0.443. The number of anilines is 2. The Morgan fingerprint density at radius 2 is 1.74 bits per heavy atom. The van der Waals surface area contributed by atoms with Crippen LogP contribution in [-0.4, -0.2) is 20.7 Å². The highest BCUT2D eigenvalue weighted by Gasteiger charge is 2.37. The molecule has 1 atom stereocenters. The molecule has 220 valence electrons. The number of amides is 1. The second-order valence-electron chi connectivity index (χ2n) is 10.9. The first-order valence-corrected chi connectivity index (χ1v) is 13.8. The summed E-state index contributed by atoms with van der Waals surface area (Å²) in [7, 11) is 0. The van der Waals surface area contributed by atoms with Gasteiger partial charge in [-0.15, -0.1) is 0 Å². The Morgan fingerprint density at radius 3 is 2.47 bits per heavy atom. The summed E-state index contributed by atoms with van der Waals surface area (Å²) in [5.74, 6) is -0.992. The summed E-state index contributed by atoms with van der Waals surface area (Å²) >= 11 is 0. The fourth-order valence-electron chi connectivity index (χ4n) is 5.30. The minimum absolute atomic E-state index is 0.146. The Labute approximate surface area is 244 Å². The first kappa shape index (κ1) is 28.4. The summed E-state index contributed by atoms with van der Waals surface area (Å²) in [4.78, 5) is 17.5. The Kier molecular flexibility index (Phi) is 7.13. The van der Waals surface area contributed by atoms with E-state index < -0.39 is 34.8 Å². The highest BCUT2D eigenvalue weighted by molar-refractivity contribution is 6.04. The van der Waals surface area contributed by atoms with Gasteiger partial charge in [0.1, 0.15) is 17.3 Å². The number of nitrogen functional groups attached to an aromatic ring is 1. The maximum absolute atomic E-state index is 15.1. The molecule has 1 aliphatic rings. The molecule has 3 aromatic carbocycles. The molecule has 1 amide bonds. The van der Waals surface area contributed by atoms with Gasteiger partial charge in [0.25, 0.3) is 5.91 Å². The number of fused-ring (bicyclic) bond motifs is 1. The average molecular weight is 589 g/mol. The van der Waals surface area contributed by atoms with E-state index in [1.54, 1.807) is 18.2 Å². The van der Waals surface area contributed by atoms with Gasteiger partial charge in [0.05, 0.1) is 16.9 Å². The number of nitrogens with two attached hydrogens (primary N) is 2. The molecular weight excluding hydrogens is 560 g/mol. The second kappa shape index (κ2) is 10.8. The van der Waals surface area contributed by atoms with Gasteiger partial charge in [0.2, 0.25) is 0 Å². The molecule has 0 spiro atoms. The van der Waals surface area contributed by atoms with Crippen LogP contribution in [0.4, 0.5) is 29.1 Å². The molecule has 1 unspecified atom stereocenters. The van der Waals surface area contributed by atoms with Gasteiger partial charge in [-0.3, -0.25) is 4.79 Å². The Bertz CT molecular complexity index is 1820. The van der Waals surface area contributed by atoms with E-state index in [1.165, 1.54) is 30.5 Å². The minimum atomic E-state index is -4.83. The fourth-order valence-corrected chi connectivity index (χ4v) is 5.30. The van der Waals surface area contributed by atoms with Crippen molar-refractivity contribution in [1.29, 1.82) is 0 Å². The molecular formula is C32H28F4N6O. The van der Waals surface area contributed by atoms with Crippen LogP contribution in [0.15, 0.2) is 85.1 Å². The lowest BCUT2D eigenvalue weighted by molar-refractivity contribution is -0.141. The van der Waals surface area contributed by atoms with Crippen LogP contribution in [0.2, 0.25) is 0 Å². The number of benzene rings is 3. The molecule has 6 rings (SSSR count). The minimum Gasteiger partial charge on any atom is -0.383 e. The molecule has 0 bridgehead atoms. The van der Waals surface area contributed by atoms with Gasteiger partial charge in [-0.05, 0) is 65.6 Å². The van der Waals surface area contributed by atoms with Gasteiger partial charge in [-0.25, -0.2) is 14.1 Å². The molecule has 2 heterocycles. The molecule has 43 heavy (non-hydrogen) atoms. The van der Waals surface area contributed by atoms with Crippen molar-refractivity contribution in [3.8, 4) is 5.69 Å². The van der Waals surface area contributed by atoms with Crippen molar-refractivity contribution in [2.45, 2.75) is 37.4 Å². The van der Waals surface area contributed by atoms with Gasteiger partial charge in [0.15, 0.2) is 5.69 Å². The number of hydrogen-bond donors (Lipinski definition) is 3. The van der Waals surface area contributed by atoms with Crippen LogP contribution in [0.3, 0.4) is 0 Å². The number of carbonyl (C=O) groups is 1. The molecule has 0 radical (unpaired) electrons. The Balaban J connectivity index is 1.38. The molecule has 0 saturated heterocycles. The zero-order valence-corrected chi connectivity index (χ0v) is 22.9. The molecule has 0 aliphatic heterocycles. The zero-order chi connectivity index (χ0) is 30.4. The summed E-state index contributed by atoms with van der Waals surface area (Å²) in [5.41, 5.74) is 11.6. The number of nitrogens with one attached hydrogen (secondary N) is 1. The molecule has 1 fully saturated rings. The van der Waals surface area contributed by atoms with Crippen molar-refractivity contribution < 1.29 is 22.4 Å². The summed E-state index contributed by atoms with van der Waals surface area (Å²) in [6.45, 7) is 0. The second-order valence-corrected chi connectivity index (χ2v) is 10.9. The number of halogens is 4. The van der Waals surface area contributed by atoms with E-state index in [1.807, 2.05) is 30.3 Å². The SMILES string of the molecule is Nc1nccc2ccc(-n3nc(C(F)(F)F)cc3C(=O)Nc3cc(C(N)(CCC4CC4)c4ccccc4)ccc3F)cc12. The van der Waals surface area contributed by atoms with Crippen molar-refractivity contribution in [2.75, 3.05) is 11.1 Å². The van der Waals surface area contributed by atoms with Gasteiger partial charge < -0.3 is 16.8 Å². The molecule has 1 aliphatic carbocycles. The predicted octanol–water partition coefficient (Wildman–Crippen LogP) is 6.81. The lowest BCUT2D eigenvalue weighted by Crippen LogP contribution is -2.38. The standard InChI is InChI=1S/C32H28F4N6O/c33-25-11-9-22(31(38,14-12-19-6-7-19)21-4-2-1-3-5-21)16-26(25)40-30(43)27-18-28(32(34,35)36)41-42(27)23-10-8-20-13-15-39-29(37)24(20)17-23/h1-5,8-11,13,15-19H,6-7,12,14,38H2,(H2,37,39)(H,40,43). The van der Waals surface area contributed by atoms with Crippen LogP contribution < -0.4 is 16.8 Å². The highest BCUT2D eigenvalue weighted by atomic mass is 19.4. The van der Waals surface area contributed by atoms with Crippen molar-refractivity contribution in [2.24, 2.45) is 11.7 Å². The number of pyridine rings is 1. The van der Waals surface area contributed by atoms with Crippen LogP contribution in [0, 0.1) is 11.7 Å². The largest absolute Gasteiger partial charge is 0.435 e. The quantitative estimate of drug-likeness (QED) is 0.173. The molecule has 7 nitrogen and oxygen atoms in total. The van der Waals surface area contributed by atoms with Crippen molar-refractivity contribution in [1.82, 2.24) is 14.8 Å². The van der Waals surface area contributed by atoms with Crippen LogP contribution in [0.1, 0.15) is 53.0 Å². The Morgan fingerprint density at radius 1 is 0.977 bits per heavy atom. The summed E-state index contributed by atoms with van der Waals surface area (Å²) < 4.78 is 57.2. The zero-order valence-electron chi connectivity index (χ0n) is 22.9. The normalized spacial score (nSPS) is 14.9. The smallest absolute Gasteiger partial charge is 0.383 e. The number of aromatic nitrogens is 3. The van der Waals surface area contributed by atoms with Gasteiger partial charge >= 0.3 is 6.18 Å². The molecule has 2 aromatic heterocycles. The van der Waals surface area contributed by atoms with E-state index in [4.69, 9.17) is 11.5 Å². The molecule has 5 N–H and O–H groups in total. The van der Waals surface area contributed by atoms with Crippen molar-refractivity contribution in [3.63, 3.8) is 0 Å². The number of hydrogen-bond acceptors (Lipinski definition) is 5. The van der Waals surface area contributed by atoms with Crippen molar-refractivity contribution >= 4 is 28.2 Å². The maximum atomic E-state index is 15.1. The van der Waals surface area contributed by atoms with E-state index in [2.05, 4.69) is 15.4 Å². The number of carbonyl (C=O) groups excluding carboxylic acids is 1. The highest BCUT2D eigenvalue weighted by Crippen LogP contribution is 2.40. The average Bonchev–Trinajstić information content (AvgIpc) is 3.71. The van der Waals surface area contributed by atoms with E-state index in [-0.39, 0.29) is 17.2 Å². The van der Waals surface area contributed by atoms with E-state index in [0.717, 1.165) is 29.5 Å². The van der Waals surface area contributed by atoms with Gasteiger partial charge in [-0.1, -0.05) is 55.3 Å². The van der Waals surface area contributed by atoms with Gasteiger partial charge in [0, 0.05) is 17.6 Å². The molecule has 5 aromatic rings. The summed E-state index contributed by atoms with van der Waals surface area (Å²) in [5, 5.41) is 7.31. The lowest BCUT2D eigenvalue weighted by atomic mass is 9.79. The monoisotopic (exact) mass is 588 g/mol. The predicted molar refractivity (Wildman–Crippen MR) is 156 cm³/mol. The third kappa shape index (κ3) is 5.68. The summed E-state index contributed by atoms with van der Waals surface area (Å²) in [6, 6.07) is 20.6. The molecule has 11 heteroatoms. The van der Waals surface area contributed by atoms with Crippen LogP contribution >= 0.6 is 0 Å². The van der Waals surface area contributed by atoms with Crippen LogP contribution in [0.5, 0.6) is 0 Å². The number of rotatable bonds is 8. The first-order chi connectivity index (χ1) is 20.5. The van der Waals surface area contributed by atoms with E-state index >= 15 is 4.39 Å². The first-order valence-electron chi connectivity index (χ1n) is 13.8. The van der Waals surface area contributed by atoms with Crippen LogP contribution in [0.25, 0.3) is 16.5 Å².